The van der Waals surface area contributed by atoms with Gasteiger partial charge in [0.15, 0.2) is 0 Å². The van der Waals surface area contributed by atoms with Gasteiger partial charge in [0.25, 0.3) is 0 Å². The molecule has 0 saturated heterocycles. The molecule has 0 spiro atoms. The van der Waals surface area contributed by atoms with Gasteiger partial charge in [-0.05, 0) is 125 Å². The van der Waals surface area contributed by atoms with Crippen molar-refractivity contribution in [3.8, 4) is 45.3 Å². The number of aryl methyl sites for hydroxylation is 1. The number of para-hydroxylation sites is 2. The lowest BCUT2D eigenvalue weighted by molar-refractivity contribution is 0.483. The Balaban J connectivity index is 0.944. The molecule has 1 aliphatic rings. The molecule has 0 amide bonds. The van der Waals surface area contributed by atoms with Gasteiger partial charge in [-0.15, -0.1) is 0 Å². The van der Waals surface area contributed by atoms with Gasteiger partial charge in [0.1, 0.15) is 24.0 Å². The highest BCUT2D eigenvalue weighted by molar-refractivity contribution is 6.12. The van der Waals surface area contributed by atoms with Crippen LogP contribution in [0.5, 0.6) is 11.5 Å². The second-order valence-corrected chi connectivity index (χ2v) is 19.1. The molecule has 71 heavy (non-hydrogen) atoms. The predicted molar refractivity (Wildman–Crippen MR) is 296 cm³/mol. The molecule has 6 nitrogen and oxygen atoms in total. The van der Waals surface area contributed by atoms with Crippen LogP contribution in [0.1, 0.15) is 42.9 Å². The first-order valence-electron chi connectivity index (χ1n) is 27.8. The normalized spacial score (nSPS) is 14.5. The van der Waals surface area contributed by atoms with E-state index in [1.54, 1.807) is 0 Å². The molecule has 0 radical (unpaired) electrons. The molecule has 9 aromatic carbocycles. The van der Waals surface area contributed by atoms with Crippen molar-refractivity contribution in [2.75, 3.05) is 16.5 Å². The van der Waals surface area contributed by atoms with Gasteiger partial charge >= 0.3 is 0 Å². The molecule has 3 aromatic heterocycles. The number of benzene rings is 9. The second kappa shape index (κ2) is 16.7. The lowest BCUT2D eigenvalue weighted by Crippen LogP contribution is -2.24. The lowest BCUT2D eigenvalue weighted by atomic mass is 9.87. The minimum Gasteiger partial charge on any atom is -0.457 e. The fraction of sp³-hybridized carbons (Fsp3) is 0.0923. The van der Waals surface area contributed by atoms with E-state index in [-0.39, 0.29) is 27.9 Å². The third kappa shape index (κ3) is 7.30. The van der Waals surface area contributed by atoms with E-state index in [0.717, 1.165) is 77.7 Å². The second-order valence-electron chi connectivity index (χ2n) is 19.1. The molecule has 0 saturated carbocycles. The number of hydrogen-bond acceptors (Lipinski definition) is 4. The van der Waals surface area contributed by atoms with E-state index >= 15 is 0 Å². The molecule has 12 aromatic rings. The van der Waals surface area contributed by atoms with Crippen LogP contribution >= 0.6 is 0 Å². The van der Waals surface area contributed by atoms with Crippen molar-refractivity contribution in [3.05, 3.63) is 236 Å². The van der Waals surface area contributed by atoms with Crippen LogP contribution in [0.4, 0.5) is 22.7 Å². The molecule has 1 aliphatic heterocycles. The van der Waals surface area contributed by atoms with Gasteiger partial charge in [-0.3, -0.25) is 4.57 Å². The molecule has 0 fully saturated rings. The third-order valence-electron chi connectivity index (χ3n) is 13.8. The number of hydrogen-bond donors (Lipinski definition) is 0. The van der Waals surface area contributed by atoms with E-state index in [9.17, 15) is 0 Å². The van der Waals surface area contributed by atoms with E-state index in [1.165, 1.54) is 17.8 Å². The van der Waals surface area contributed by atoms with Crippen LogP contribution in [0.25, 0.3) is 77.4 Å². The van der Waals surface area contributed by atoms with Crippen molar-refractivity contribution in [1.82, 2.24) is 14.1 Å². The van der Waals surface area contributed by atoms with Gasteiger partial charge in [-0.2, -0.15) is 0 Å². The number of fused-ring (bicyclic) bond motifs is 7. The highest BCUT2D eigenvalue weighted by Crippen LogP contribution is 2.48. The summed E-state index contributed by atoms with van der Waals surface area (Å²) >= 11 is 0. The standard InChI is InChI=1S/C65H51N5O/c1-43-35-64(66-41-57(43)45-19-9-6-10-20-45)70-60-34-30-50(69-58-27-13-11-25-53(58)54-26-12-14-28-59(54)69)39-56(60)55-32-31-52(40-62(55)70)71-51-24-16-23-49(38-51)67-42-68(48-22-15-21-47(37-48)65(2,3)4)63-36-46(29-33-61(63)67)44-17-7-5-8-18-44/h5-41H,42H2,1-4H3/i1D3,6D,9D,10D,19D,20D. The molecule has 6 heteroatoms. The maximum absolute atomic E-state index is 8.77. The van der Waals surface area contributed by atoms with E-state index in [4.69, 9.17) is 20.7 Å². The summed E-state index contributed by atoms with van der Waals surface area (Å²) in [6, 6.07) is 61.4. The first kappa shape index (κ1) is 34.4. The first-order valence-corrected chi connectivity index (χ1v) is 23.8. The molecule has 0 unspecified atom stereocenters. The lowest BCUT2D eigenvalue weighted by Gasteiger charge is -2.25. The van der Waals surface area contributed by atoms with Crippen LogP contribution in [-0.2, 0) is 5.41 Å². The fourth-order valence-electron chi connectivity index (χ4n) is 10.3. The van der Waals surface area contributed by atoms with Crippen molar-refractivity contribution in [2.24, 2.45) is 0 Å². The number of rotatable bonds is 8. The van der Waals surface area contributed by atoms with Crippen molar-refractivity contribution in [3.63, 3.8) is 0 Å². The number of nitrogens with zero attached hydrogens (tertiary/aromatic N) is 5. The molecular formula is C65H51N5O. The molecule has 342 valence electrons. The van der Waals surface area contributed by atoms with Crippen LogP contribution in [0, 0.1) is 6.85 Å². The highest BCUT2D eigenvalue weighted by Gasteiger charge is 2.30. The van der Waals surface area contributed by atoms with Gasteiger partial charge in [-0.1, -0.05) is 142 Å². The topological polar surface area (TPSA) is 38.5 Å². The molecule has 0 N–H and O–H groups in total. The molecule has 0 aliphatic carbocycles. The maximum atomic E-state index is 8.77. The maximum Gasteiger partial charge on any atom is 0.137 e. The highest BCUT2D eigenvalue weighted by atomic mass is 16.5. The SMILES string of the molecule is [2H]c1c([2H])c([2H])c(-c2cnc(-n3c4ccc(-n5c6ccccc6c6ccccc65)cc4c4ccc(Oc5cccc(N6CN(c7cccc(C(C)(C)C)c7)c7cc(-c8ccccc8)ccc76)c5)cc43)cc2C([2H])([2H])[2H])c([2H])c1[2H]. The summed E-state index contributed by atoms with van der Waals surface area (Å²) in [5.41, 5.74) is 11.6. The Labute approximate surface area is 425 Å². The predicted octanol–water partition coefficient (Wildman–Crippen LogP) is 17.3. The zero-order valence-electron chi connectivity index (χ0n) is 47.3. The van der Waals surface area contributed by atoms with Crippen LogP contribution in [0.3, 0.4) is 0 Å². The fourth-order valence-corrected chi connectivity index (χ4v) is 10.3. The van der Waals surface area contributed by atoms with Crippen molar-refractivity contribution in [2.45, 2.75) is 33.0 Å². The molecular weight excluding hydrogens is 867 g/mol. The Hall–Kier alpha value is -8.87. The van der Waals surface area contributed by atoms with E-state index in [1.807, 2.05) is 83.4 Å². The van der Waals surface area contributed by atoms with Gasteiger partial charge in [0, 0.05) is 66.6 Å². The van der Waals surface area contributed by atoms with Crippen LogP contribution in [0.2, 0.25) is 0 Å². The number of ether oxygens (including phenoxy) is 1. The summed E-state index contributed by atoms with van der Waals surface area (Å²) in [6.45, 7) is 4.49. The van der Waals surface area contributed by atoms with Crippen molar-refractivity contribution >= 4 is 66.4 Å². The van der Waals surface area contributed by atoms with E-state index in [0.29, 0.717) is 23.7 Å². The van der Waals surface area contributed by atoms with Crippen LogP contribution in [0.15, 0.2) is 224 Å². The summed E-state index contributed by atoms with van der Waals surface area (Å²) < 4.78 is 79.8. The summed E-state index contributed by atoms with van der Waals surface area (Å²) in [6.07, 6.45) is 1.31. The van der Waals surface area contributed by atoms with Crippen LogP contribution in [-0.4, -0.2) is 20.8 Å². The minimum absolute atomic E-state index is 0.0388. The molecule has 13 rings (SSSR count). The Morgan fingerprint density at radius 2 is 1.18 bits per heavy atom. The van der Waals surface area contributed by atoms with Crippen molar-refractivity contribution in [1.29, 1.82) is 0 Å². The average molecular weight is 926 g/mol. The van der Waals surface area contributed by atoms with Gasteiger partial charge in [0.2, 0.25) is 0 Å². The Kier molecular flexibility index (Phi) is 8.08. The smallest absolute Gasteiger partial charge is 0.137 e. The molecule has 0 atom stereocenters. The van der Waals surface area contributed by atoms with Gasteiger partial charge in [-0.25, -0.2) is 4.98 Å². The Morgan fingerprint density at radius 3 is 1.96 bits per heavy atom. The Bertz CT molecular complexity index is 4360. The first-order chi connectivity index (χ1) is 38.0. The number of anilines is 4. The quantitative estimate of drug-likeness (QED) is 0.152. The summed E-state index contributed by atoms with van der Waals surface area (Å²) in [4.78, 5) is 9.54. The molecule has 0 bridgehead atoms. The minimum atomic E-state index is -2.77. The van der Waals surface area contributed by atoms with Crippen molar-refractivity contribution < 1.29 is 15.7 Å². The summed E-state index contributed by atoms with van der Waals surface area (Å²) in [7, 11) is 0. The third-order valence-corrected chi connectivity index (χ3v) is 13.8. The van der Waals surface area contributed by atoms with Gasteiger partial charge in [0.05, 0.1) is 40.3 Å². The van der Waals surface area contributed by atoms with E-state index < -0.39 is 37.1 Å². The molecule has 4 heterocycles. The number of aromatic nitrogens is 3. The summed E-state index contributed by atoms with van der Waals surface area (Å²) in [5, 5.41) is 3.98. The largest absolute Gasteiger partial charge is 0.457 e. The average Bonchev–Trinajstić information content (AvgIpc) is 4.23. The Morgan fingerprint density at radius 1 is 0.493 bits per heavy atom. The van der Waals surface area contributed by atoms with Crippen LogP contribution < -0.4 is 14.5 Å². The monoisotopic (exact) mass is 925 g/mol. The summed E-state index contributed by atoms with van der Waals surface area (Å²) in [5.74, 6) is 1.39. The zero-order valence-corrected chi connectivity index (χ0v) is 39.3. The van der Waals surface area contributed by atoms with E-state index in [2.05, 4.69) is 138 Å². The number of pyridine rings is 1. The zero-order chi connectivity index (χ0) is 54.6. The van der Waals surface area contributed by atoms with Gasteiger partial charge < -0.3 is 19.1 Å².